The zero-order valence-electron chi connectivity index (χ0n) is 15.2. The molecule has 0 amide bonds. The molecule has 1 aromatic carbocycles. The van der Waals surface area contributed by atoms with Crippen LogP contribution in [0.4, 0.5) is 0 Å². The van der Waals surface area contributed by atoms with E-state index in [1.807, 2.05) is 19.0 Å². The molecule has 2 heterocycles. The van der Waals surface area contributed by atoms with Crippen LogP contribution >= 0.6 is 0 Å². The van der Waals surface area contributed by atoms with Crippen molar-refractivity contribution in [1.29, 1.82) is 0 Å². The summed E-state index contributed by atoms with van der Waals surface area (Å²) < 4.78 is 1.78. The van der Waals surface area contributed by atoms with Gasteiger partial charge in [-0.05, 0) is 24.5 Å². The SMILES string of the molecule is CN=C(NCCc1c[nH]c2c(C)cccc12)N(C)Cc1ncnn1C. The van der Waals surface area contributed by atoms with Crippen molar-refractivity contribution >= 4 is 16.9 Å². The Morgan fingerprint density at radius 3 is 2.96 bits per heavy atom. The number of nitrogens with zero attached hydrogens (tertiary/aromatic N) is 5. The second-order valence-corrected chi connectivity index (χ2v) is 6.19. The molecule has 2 N–H and O–H groups in total. The van der Waals surface area contributed by atoms with E-state index in [4.69, 9.17) is 0 Å². The van der Waals surface area contributed by atoms with E-state index in [1.165, 1.54) is 22.0 Å². The van der Waals surface area contributed by atoms with Crippen LogP contribution in [0.15, 0.2) is 35.7 Å². The summed E-state index contributed by atoms with van der Waals surface area (Å²) in [5, 5.41) is 8.82. The fourth-order valence-corrected chi connectivity index (χ4v) is 3.01. The van der Waals surface area contributed by atoms with Gasteiger partial charge in [0.1, 0.15) is 12.2 Å². The van der Waals surface area contributed by atoms with Crippen molar-refractivity contribution in [3.63, 3.8) is 0 Å². The fraction of sp³-hybridized carbons (Fsp3) is 0.389. The first-order valence-electron chi connectivity index (χ1n) is 8.40. The fourth-order valence-electron chi connectivity index (χ4n) is 3.01. The molecular formula is C18H25N7. The second kappa shape index (κ2) is 7.38. The average molecular weight is 339 g/mol. The summed E-state index contributed by atoms with van der Waals surface area (Å²) in [4.78, 5) is 14.0. The molecule has 0 unspecified atom stereocenters. The lowest BCUT2D eigenvalue weighted by molar-refractivity contribution is 0.449. The van der Waals surface area contributed by atoms with Gasteiger partial charge < -0.3 is 15.2 Å². The van der Waals surface area contributed by atoms with Gasteiger partial charge in [0.05, 0.1) is 6.54 Å². The Hall–Kier alpha value is -2.83. The van der Waals surface area contributed by atoms with Crippen LogP contribution in [0.3, 0.4) is 0 Å². The monoisotopic (exact) mass is 339 g/mol. The third-order valence-corrected chi connectivity index (χ3v) is 4.44. The predicted octanol–water partition coefficient (Wildman–Crippen LogP) is 1.85. The molecule has 3 aromatic rings. The van der Waals surface area contributed by atoms with E-state index < -0.39 is 0 Å². The highest BCUT2D eigenvalue weighted by molar-refractivity contribution is 5.86. The molecule has 0 saturated carbocycles. The lowest BCUT2D eigenvalue weighted by Crippen LogP contribution is -2.39. The summed E-state index contributed by atoms with van der Waals surface area (Å²) >= 11 is 0. The van der Waals surface area contributed by atoms with Crippen LogP contribution in [0, 0.1) is 6.92 Å². The molecule has 7 nitrogen and oxygen atoms in total. The van der Waals surface area contributed by atoms with Gasteiger partial charge in [-0.2, -0.15) is 5.10 Å². The van der Waals surface area contributed by atoms with Crippen molar-refractivity contribution in [1.82, 2.24) is 30.0 Å². The van der Waals surface area contributed by atoms with Gasteiger partial charge >= 0.3 is 0 Å². The van der Waals surface area contributed by atoms with Gasteiger partial charge in [-0.25, -0.2) is 4.98 Å². The smallest absolute Gasteiger partial charge is 0.193 e. The minimum absolute atomic E-state index is 0.655. The Kier molecular flexibility index (Phi) is 5.02. The maximum absolute atomic E-state index is 4.36. The van der Waals surface area contributed by atoms with Gasteiger partial charge in [-0.3, -0.25) is 9.67 Å². The lowest BCUT2D eigenvalue weighted by atomic mass is 10.1. The summed E-state index contributed by atoms with van der Waals surface area (Å²) in [6, 6.07) is 6.41. The van der Waals surface area contributed by atoms with Crippen LogP contribution in [0.5, 0.6) is 0 Å². The van der Waals surface area contributed by atoms with E-state index >= 15 is 0 Å². The quantitative estimate of drug-likeness (QED) is 0.550. The largest absolute Gasteiger partial charge is 0.361 e. The van der Waals surface area contributed by atoms with Crippen LogP contribution in [0.25, 0.3) is 10.9 Å². The number of hydrogen-bond acceptors (Lipinski definition) is 3. The maximum atomic E-state index is 4.36. The normalized spacial score (nSPS) is 11.9. The first kappa shape index (κ1) is 17.0. The van der Waals surface area contributed by atoms with Gasteiger partial charge in [0.2, 0.25) is 0 Å². The first-order valence-corrected chi connectivity index (χ1v) is 8.40. The van der Waals surface area contributed by atoms with E-state index in [9.17, 15) is 0 Å². The third-order valence-electron chi connectivity index (χ3n) is 4.44. The molecule has 0 bridgehead atoms. The molecule has 0 fully saturated rings. The highest BCUT2D eigenvalue weighted by Crippen LogP contribution is 2.21. The van der Waals surface area contributed by atoms with Crippen molar-refractivity contribution in [3.8, 4) is 0 Å². The molecule has 0 radical (unpaired) electrons. The van der Waals surface area contributed by atoms with Gasteiger partial charge in [0, 0.05) is 44.8 Å². The molecule has 0 aliphatic carbocycles. The van der Waals surface area contributed by atoms with Gasteiger partial charge in [0.15, 0.2) is 5.96 Å². The number of aliphatic imine (C=N–C) groups is 1. The number of fused-ring (bicyclic) bond motifs is 1. The molecule has 25 heavy (non-hydrogen) atoms. The Morgan fingerprint density at radius 2 is 2.24 bits per heavy atom. The zero-order chi connectivity index (χ0) is 17.8. The molecule has 2 aromatic heterocycles. The summed E-state index contributed by atoms with van der Waals surface area (Å²) in [7, 11) is 5.69. The number of benzene rings is 1. The van der Waals surface area contributed by atoms with Crippen molar-refractivity contribution < 1.29 is 0 Å². The van der Waals surface area contributed by atoms with Crippen LogP contribution in [-0.2, 0) is 20.0 Å². The molecule has 0 atom stereocenters. The van der Waals surface area contributed by atoms with Crippen molar-refractivity contribution in [2.24, 2.45) is 12.0 Å². The Bertz CT molecular complexity index is 875. The van der Waals surface area contributed by atoms with Crippen LogP contribution < -0.4 is 5.32 Å². The van der Waals surface area contributed by atoms with E-state index in [1.54, 1.807) is 18.1 Å². The highest BCUT2D eigenvalue weighted by Gasteiger charge is 2.10. The molecule has 0 spiro atoms. The highest BCUT2D eigenvalue weighted by atomic mass is 15.4. The van der Waals surface area contributed by atoms with E-state index in [2.05, 4.69) is 56.7 Å². The van der Waals surface area contributed by atoms with Crippen molar-refractivity contribution in [3.05, 3.63) is 47.7 Å². The Morgan fingerprint density at radius 1 is 1.40 bits per heavy atom. The van der Waals surface area contributed by atoms with Crippen LogP contribution in [0.1, 0.15) is 17.0 Å². The molecule has 0 aliphatic heterocycles. The first-order chi connectivity index (χ1) is 12.1. The Labute approximate surface area is 147 Å². The number of guanidine groups is 1. The van der Waals surface area contributed by atoms with Gasteiger partial charge in [0.25, 0.3) is 0 Å². The number of nitrogens with one attached hydrogen (secondary N) is 2. The Balaban J connectivity index is 1.59. The van der Waals surface area contributed by atoms with Crippen molar-refractivity contribution in [2.45, 2.75) is 19.9 Å². The van der Waals surface area contributed by atoms with Crippen molar-refractivity contribution in [2.75, 3.05) is 20.6 Å². The summed E-state index contributed by atoms with van der Waals surface area (Å²) in [6.45, 7) is 3.60. The minimum atomic E-state index is 0.655. The van der Waals surface area contributed by atoms with E-state index in [-0.39, 0.29) is 0 Å². The number of para-hydroxylation sites is 1. The second-order valence-electron chi connectivity index (χ2n) is 6.19. The third kappa shape index (κ3) is 3.65. The molecular weight excluding hydrogens is 314 g/mol. The number of hydrogen-bond donors (Lipinski definition) is 2. The number of aromatic nitrogens is 4. The van der Waals surface area contributed by atoms with Crippen LogP contribution in [-0.4, -0.2) is 51.2 Å². The van der Waals surface area contributed by atoms with Gasteiger partial charge in [-0.15, -0.1) is 0 Å². The summed E-state index contributed by atoms with van der Waals surface area (Å²) in [6.07, 6.45) is 4.60. The lowest BCUT2D eigenvalue weighted by Gasteiger charge is -2.21. The summed E-state index contributed by atoms with van der Waals surface area (Å²) in [5.74, 6) is 1.75. The van der Waals surface area contributed by atoms with E-state index in [0.29, 0.717) is 6.54 Å². The van der Waals surface area contributed by atoms with Gasteiger partial charge in [-0.1, -0.05) is 18.2 Å². The molecule has 0 aliphatic rings. The van der Waals surface area contributed by atoms with Crippen LogP contribution in [0.2, 0.25) is 0 Å². The topological polar surface area (TPSA) is 74.1 Å². The molecule has 0 saturated heterocycles. The molecule has 7 heteroatoms. The minimum Gasteiger partial charge on any atom is -0.361 e. The molecule has 3 rings (SSSR count). The number of aryl methyl sites for hydroxylation is 2. The maximum Gasteiger partial charge on any atom is 0.193 e. The zero-order valence-corrected chi connectivity index (χ0v) is 15.2. The standard InChI is InChI=1S/C18H25N7/c1-13-6-5-7-15-14(10-21-17(13)15)8-9-20-18(19-2)24(3)11-16-22-12-23-25(16)4/h5-7,10,12,21H,8-9,11H2,1-4H3,(H,19,20). The van der Waals surface area contributed by atoms with E-state index in [0.717, 1.165) is 24.7 Å². The number of aromatic amines is 1. The number of H-pyrrole nitrogens is 1. The average Bonchev–Trinajstić information content (AvgIpc) is 3.19. The predicted molar refractivity (Wildman–Crippen MR) is 101 cm³/mol. The summed E-state index contributed by atoms with van der Waals surface area (Å²) in [5.41, 5.74) is 3.81. The number of rotatable bonds is 5. The molecule has 132 valence electrons.